The van der Waals surface area contributed by atoms with E-state index >= 15 is 0 Å². The van der Waals surface area contributed by atoms with Crippen molar-refractivity contribution in [1.29, 1.82) is 0 Å². The van der Waals surface area contributed by atoms with Gasteiger partial charge in [-0.25, -0.2) is 4.98 Å². The Balaban J connectivity index is 2.13. The lowest BCUT2D eigenvalue weighted by atomic mass is 10.1. The summed E-state index contributed by atoms with van der Waals surface area (Å²) in [6, 6.07) is 4.79. The fourth-order valence-corrected chi connectivity index (χ4v) is 2.24. The van der Waals surface area contributed by atoms with Crippen molar-refractivity contribution in [2.45, 2.75) is 19.5 Å². The third kappa shape index (κ3) is 2.49. The molecule has 1 aromatic carbocycles. The quantitative estimate of drug-likeness (QED) is 0.581. The van der Waals surface area contributed by atoms with Crippen molar-refractivity contribution >= 4 is 11.1 Å². The van der Waals surface area contributed by atoms with Crippen molar-refractivity contribution in [3.63, 3.8) is 0 Å². The first-order chi connectivity index (χ1) is 10.4. The highest BCUT2D eigenvalue weighted by molar-refractivity contribution is 5.77. The van der Waals surface area contributed by atoms with Crippen LogP contribution < -0.4 is 4.73 Å². The molecule has 0 fully saturated rings. The zero-order valence-electron chi connectivity index (χ0n) is 11.6. The summed E-state index contributed by atoms with van der Waals surface area (Å²) in [5.74, 6) is 0.228. The van der Waals surface area contributed by atoms with Crippen molar-refractivity contribution < 1.29 is 27.5 Å². The second-order valence-electron chi connectivity index (χ2n) is 4.82. The molecule has 0 aliphatic heterocycles. The van der Waals surface area contributed by atoms with Gasteiger partial charge in [0, 0.05) is 16.4 Å². The molecular weight excluding hydrogens is 297 g/mol. The Hall–Kier alpha value is -2.57. The number of hydrogen-bond donors (Lipinski definition) is 1. The van der Waals surface area contributed by atoms with Gasteiger partial charge in [0.25, 0.3) is 0 Å². The minimum Gasteiger partial charge on any atom is -0.436 e. The fourth-order valence-electron chi connectivity index (χ4n) is 2.24. The molecular formula is C15H12F3N2O2+. The van der Waals surface area contributed by atoms with E-state index in [2.05, 4.69) is 4.98 Å². The molecule has 0 saturated carbocycles. The van der Waals surface area contributed by atoms with Gasteiger partial charge in [-0.3, -0.25) is 5.21 Å². The van der Waals surface area contributed by atoms with Crippen molar-refractivity contribution in [3.8, 4) is 11.5 Å². The average Bonchev–Trinajstić information content (AvgIpc) is 2.88. The predicted molar refractivity (Wildman–Crippen MR) is 71.2 cm³/mol. The summed E-state index contributed by atoms with van der Waals surface area (Å²) in [7, 11) is 0. The van der Waals surface area contributed by atoms with Gasteiger partial charge in [0.15, 0.2) is 5.58 Å². The van der Waals surface area contributed by atoms with Gasteiger partial charge in [0.2, 0.25) is 18.3 Å². The van der Waals surface area contributed by atoms with E-state index in [9.17, 15) is 18.4 Å². The molecule has 0 bridgehead atoms. The number of nitrogens with zero attached hydrogens (tertiary/aromatic N) is 2. The van der Waals surface area contributed by atoms with Gasteiger partial charge in [-0.15, -0.1) is 0 Å². The van der Waals surface area contributed by atoms with Crippen molar-refractivity contribution in [2.24, 2.45) is 0 Å². The average molecular weight is 309 g/mol. The molecule has 0 spiro atoms. The molecule has 22 heavy (non-hydrogen) atoms. The lowest BCUT2D eigenvalue weighted by Gasteiger charge is -2.04. The fraction of sp³-hybridized carbons (Fsp3) is 0.200. The molecule has 0 saturated heterocycles. The van der Waals surface area contributed by atoms with Gasteiger partial charge in [-0.1, -0.05) is 6.92 Å². The SMILES string of the molecule is CCc1c[n+](O)ccc1-c1nc2cc(C(F)(F)F)ccc2o1. The highest BCUT2D eigenvalue weighted by Crippen LogP contribution is 2.33. The maximum Gasteiger partial charge on any atom is 0.416 e. The Bertz CT molecular complexity index is 840. The number of aromatic nitrogens is 2. The monoisotopic (exact) mass is 309 g/mol. The molecule has 114 valence electrons. The maximum atomic E-state index is 12.7. The molecule has 0 radical (unpaired) electrons. The molecule has 0 aliphatic rings. The zero-order valence-corrected chi connectivity index (χ0v) is 11.6. The van der Waals surface area contributed by atoms with Crippen LogP contribution >= 0.6 is 0 Å². The van der Waals surface area contributed by atoms with Crippen LogP contribution in [0.15, 0.2) is 41.1 Å². The van der Waals surface area contributed by atoms with Gasteiger partial charge < -0.3 is 4.42 Å². The minimum atomic E-state index is -4.42. The molecule has 3 rings (SSSR count). The Kier molecular flexibility index (Phi) is 3.27. The number of fused-ring (bicyclic) bond motifs is 1. The molecule has 3 aromatic rings. The van der Waals surface area contributed by atoms with Crippen LogP contribution in [0.25, 0.3) is 22.6 Å². The third-order valence-corrected chi connectivity index (χ3v) is 3.35. The number of aryl methyl sites for hydroxylation is 1. The third-order valence-electron chi connectivity index (χ3n) is 3.35. The van der Waals surface area contributed by atoms with Crippen molar-refractivity contribution in [1.82, 2.24) is 4.98 Å². The molecule has 0 amide bonds. The van der Waals surface area contributed by atoms with E-state index < -0.39 is 11.7 Å². The normalized spacial score (nSPS) is 12.0. The number of hydrogen-bond acceptors (Lipinski definition) is 3. The second kappa shape index (κ2) is 5.01. The summed E-state index contributed by atoms with van der Waals surface area (Å²) in [6.07, 6.45) is -0.893. The standard InChI is InChI=1S/C15H12F3N2O2/c1-2-9-8-20(21)6-5-11(9)14-19-12-7-10(15(16,17)18)3-4-13(12)22-14/h3-8,21H,2H2,1H3/q+1. The highest BCUT2D eigenvalue weighted by Gasteiger charge is 2.31. The van der Waals surface area contributed by atoms with Crippen LogP contribution in [0.1, 0.15) is 18.1 Å². The van der Waals surface area contributed by atoms with Gasteiger partial charge >= 0.3 is 6.18 Å². The number of pyridine rings is 1. The van der Waals surface area contributed by atoms with E-state index in [1.54, 1.807) is 6.07 Å². The van der Waals surface area contributed by atoms with E-state index in [4.69, 9.17) is 4.42 Å². The molecule has 4 nitrogen and oxygen atoms in total. The van der Waals surface area contributed by atoms with Crippen molar-refractivity contribution in [3.05, 3.63) is 47.8 Å². The summed E-state index contributed by atoms with van der Waals surface area (Å²) in [4.78, 5) is 4.14. The highest BCUT2D eigenvalue weighted by atomic mass is 19.4. The Labute approximate surface area is 123 Å². The molecule has 2 aromatic heterocycles. The minimum absolute atomic E-state index is 0.146. The Morgan fingerprint density at radius 2 is 2.05 bits per heavy atom. The number of alkyl halides is 3. The number of rotatable bonds is 2. The smallest absolute Gasteiger partial charge is 0.416 e. The summed E-state index contributed by atoms with van der Waals surface area (Å²) in [6.45, 7) is 1.89. The molecule has 2 heterocycles. The summed E-state index contributed by atoms with van der Waals surface area (Å²) < 4.78 is 44.6. The Morgan fingerprint density at radius 3 is 2.73 bits per heavy atom. The van der Waals surface area contributed by atoms with Gasteiger partial charge in [-0.05, 0) is 24.6 Å². The van der Waals surface area contributed by atoms with E-state index in [1.807, 2.05) is 6.92 Å². The van der Waals surface area contributed by atoms with Crippen LogP contribution in [0.2, 0.25) is 0 Å². The largest absolute Gasteiger partial charge is 0.436 e. The summed E-state index contributed by atoms with van der Waals surface area (Å²) in [5.41, 5.74) is 1.07. The van der Waals surface area contributed by atoms with E-state index in [1.165, 1.54) is 18.5 Å². The molecule has 7 heteroatoms. The lowest BCUT2D eigenvalue weighted by Crippen LogP contribution is -2.29. The topological polar surface area (TPSA) is 50.1 Å². The van der Waals surface area contributed by atoms with Crippen LogP contribution in [-0.4, -0.2) is 10.2 Å². The van der Waals surface area contributed by atoms with Crippen LogP contribution in [0.4, 0.5) is 13.2 Å². The van der Waals surface area contributed by atoms with Crippen LogP contribution in [-0.2, 0) is 12.6 Å². The van der Waals surface area contributed by atoms with E-state index in [-0.39, 0.29) is 17.0 Å². The first-order valence-electron chi connectivity index (χ1n) is 6.60. The summed E-state index contributed by atoms with van der Waals surface area (Å²) in [5, 5.41) is 9.42. The van der Waals surface area contributed by atoms with Crippen molar-refractivity contribution in [2.75, 3.05) is 0 Å². The lowest BCUT2D eigenvalue weighted by molar-refractivity contribution is -0.905. The summed E-state index contributed by atoms with van der Waals surface area (Å²) >= 11 is 0. The van der Waals surface area contributed by atoms with Crippen LogP contribution in [0, 0.1) is 0 Å². The van der Waals surface area contributed by atoms with Crippen LogP contribution in [0.5, 0.6) is 0 Å². The number of benzene rings is 1. The van der Waals surface area contributed by atoms with E-state index in [0.29, 0.717) is 12.0 Å². The predicted octanol–water partition coefficient (Wildman–Crippen LogP) is 3.60. The number of halogens is 3. The maximum absolute atomic E-state index is 12.7. The molecule has 0 atom stereocenters. The number of oxazole rings is 1. The second-order valence-corrected chi connectivity index (χ2v) is 4.82. The molecule has 0 unspecified atom stereocenters. The van der Waals surface area contributed by atoms with Gasteiger partial charge in [-0.2, -0.15) is 13.2 Å². The zero-order chi connectivity index (χ0) is 15.9. The van der Waals surface area contributed by atoms with E-state index in [0.717, 1.165) is 22.4 Å². The molecule has 0 aliphatic carbocycles. The van der Waals surface area contributed by atoms with Crippen LogP contribution in [0.3, 0.4) is 0 Å². The van der Waals surface area contributed by atoms with Gasteiger partial charge in [0.1, 0.15) is 5.52 Å². The van der Waals surface area contributed by atoms with Gasteiger partial charge in [0.05, 0.1) is 11.1 Å². The first-order valence-corrected chi connectivity index (χ1v) is 6.60. The Morgan fingerprint density at radius 1 is 1.27 bits per heavy atom. The first kappa shape index (κ1) is 14.4. The molecule has 1 N–H and O–H groups in total.